The maximum Gasteiger partial charge on any atom is 0.354 e. The van der Waals surface area contributed by atoms with E-state index in [-0.39, 0.29) is 11.6 Å². The SMILES string of the molecule is CC1c2ccccc2-c2n[nH]c(C(=O)O)c21. The Morgan fingerprint density at radius 3 is 2.94 bits per heavy atom. The Kier molecular flexibility index (Phi) is 1.68. The minimum atomic E-state index is -0.951. The third-order valence-electron chi connectivity index (χ3n) is 3.13. The fourth-order valence-corrected chi connectivity index (χ4v) is 2.39. The number of benzene rings is 1. The zero-order valence-corrected chi connectivity index (χ0v) is 8.69. The number of aromatic carboxylic acids is 1. The summed E-state index contributed by atoms with van der Waals surface area (Å²) < 4.78 is 0. The molecular weight excluding hydrogens is 204 g/mol. The van der Waals surface area contributed by atoms with Crippen molar-refractivity contribution in [3.8, 4) is 11.3 Å². The third-order valence-corrected chi connectivity index (χ3v) is 3.13. The molecule has 1 unspecified atom stereocenters. The van der Waals surface area contributed by atoms with E-state index in [1.54, 1.807) is 0 Å². The number of aromatic nitrogens is 2. The highest BCUT2D eigenvalue weighted by Crippen LogP contribution is 2.44. The molecule has 0 saturated carbocycles. The van der Waals surface area contributed by atoms with E-state index in [1.807, 2.05) is 31.2 Å². The maximum atomic E-state index is 11.0. The highest BCUT2D eigenvalue weighted by atomic mass is 16.4. The quantitative estimate of drug-likeness (QED) is 0.765. The molecule has 80 valence electrons. The normalized spacial score (nSPS) is 16.9. The first-order valence-electron chi connectivity index (χ1n) is 5.11. The van der Waals surface area contributed by atoms with Crippen LogP contribution < -0.4 is 0 Å². The minimum Gasteiger partial charge on any atom is -0.477 e. The van der Waals surface area contributed by atoms with Crippen molar-refractivity contribution in [3.05, 3.63) is 41.1 Å². The molecule has 2 N–H and O–H groups in total. The molecule has 1 aromatic heterocycles. The van der Waals surface area contributed by atoms with E-state index >= 15 is 0 Å². The van der Waals surface area contributed by atoms with E-state index in [1.165, 1.54) is 0 Å². The van der Waals surface area contributed by atoms with Crippen molar-refractivity contribution in [2.24, 2.45) is 0 Å². The van der Waals surface area contributed by atoms with E-state index < -0.39 is 5.97 Å². The van der Waals surface area contributed by atoms with Crippen molar-refractivity contribution in [2.45, 2.75) is 12.8 Å². The number of carboxylic acid groups (broad SMARTS) is 1. The number of H-pyrrole nitrogens is 1. The average molecular weight is 214 g/mol. The van der Waals surface area contributed by atoms with Crippen LogP contribution in [0.15, 0.2) is 24.3 Å². The summed E-state index contributed by atoms with van der Waals surface area (Å²) in [5.74, 6) is -0.857. The van der Waals surface area contributed by atoms with Crippen LogP contribution in [0.1, 0.15) is 34.5 Å². The van der Waals surface area contributed by atoms with Gasteiger partial charge in [0, 0.05) is 17.0 Å². The number of hydrogen-bond donors (Lipinski definition) is 2. The van der Waals surface area contributed by atoms with Gasteiger partial charge in [-0.1, -0.05) is 31.2 Å². The zero-order chi connectivity index (χ0) is 11.3. The van der Waals surface area contributed by atoms with Gasteiger partial charge in [-0.25, -0.2) is 4.79 Å². The zero-order valence-electron chi connectivity index (χ0n) is 8.69. The number of nitrogens with zero attached hydrogens (tertiary/aromatic N) is 1. The van der Waals surface area contributed by atoms with Crippen molar-refractivity contribution >= 4 is 5.97 Å². The summed E-state index contributed by atoms with van der Waals surface area (Å²) in [6.45, 7) is 2.01. The first-order valence-corrected chi connectivity index (χ1v) is 5.11. The molecule has 0 saturated heterocycles. The Bertz CT molecular complexity index is 586. The molecule has 0 bridgehead atoms. The lowest BCUT2D eigenvalue weighted by Crippen LogP contribution is -2.03. The fraction of sp³-hybridized carbons (Fsp3) is 0.167. The van der Waals surface area contributed by atoms with Crippen molar-refractivity contribution < 1.29 is 9.90 Å². The Balaban J connectivity index is 2.30. The number of rotatable bonds is 1. The van der Waals surface area contributed by atoms with Crippen LogP contribution in [0.2, 0.25) is 0 Å². The lowest BCUT2D eigenvalue weighted by atomic mass is 9.99. The molecule has 4 nitrogen and oxygen atoms in total. The average Bonchev–Trinajstić information content (AvgIpc) is 2.81. The molecule has 3 rings (SSSR count). The Morgan fingerprint density at radius 2 is 2.19 bits per heavy atom. The molecule has 0 aliphatic heterocycles. The summed E-state index contributed by atoms with van der Waals surface area (Å²) in [5, 5.41) is 15.8. The van der Waals surface area contributed by atoms with Crippen LogP contribution in [0.4, 0.5) is 0 Å². The molecular formula is C12H10N2O2. The molecule has 1 aliphatic rings. The second-order valence-electron chi connectivity index (χ2n) is 3.97. The predicted molar refractivity (Wildman–Crippen MR) is 58.5 cm³/mol. The van der Waals surface area contributed by atoms with Gasteiger partial charge in [0.1, 0.15) is 5.69 Å². The Hall–Kier alpha value is -2.10. The van der Waals surface area contributed by atoms with Crippen molar-refractivity contribution in [1.82, 2.24) is 10.2 Å². The highest BCUT2D eigenvalue weighted by molar-refractivity contribution is 5.92. The number of hydrogen-bond acceptors (Lipinski definition) is 2. The van der Waals surface area contributed by atoms with E-state index in [4.69, 9.17) is 5.11 Å². The van der Waals surface area contributed by atoms with Crippen LogP contribution in [-0.2, 0) is 0 Å². The largest absolute Gasteiger partial charge is 0.477 e. The Morgan fingerprint density at radius 1 is 1.44 bits per heavy atom. The molecule has 4 heteroatoms. The maximum absolute atomic E-state index is 11.0. The van der Waals surface area contributed by atoms with Crippen LogP contribution >= 0.6 is 0 Å². The van der Waals surface area contributed by atoms with Crippen LogP contribution in [-0.4, -0.2) is 21.3 Å². The van der Waals surface area contributed by atoms with Gasteiger partial charge in [0.05, 0.1) is 5.69 Å². The van der Waals surface area contributed by atoms with E-state index in [0.717, 1.165) is 22.4 Å². The number of aromatic amines is 1. The van der Waals surface area contributed by atoms with Gasteiger partial charge >= 0.3 is 5.97 Å². The van der Waals surface area contributed by atoms with Gasteiger partial charge in [0.15, 0.2) is 0 Å². The number of carboxylic acids is 1. The molecule has 1 heterocycles. The van der Waals surface area contributed by atoms with Crippen LogP contribution in [0.25, 0.3) is 11.3 Å². The second-order valence-corrected chi connectivity index (χ2v) is 3.97. The molecule has 1 aliphatic carbocycles. The molecule has 2 aromatic rings. The van der Waals surface area contributed by atoms with Crippen LogP contribution in [0.3, 0.4) is 0 Å². The molecule has 0 amide bonds. The summed E-state index contributed by atoms with van der Waals surface area (Å²) in [5.41, 5.74) is 3.97. The van der Waals surface area contributed by atoms with Gasteiger partial charge in [-0.3, -0.25) is 5.10 Å². The van der Waals surface area contributed by atoms with Gasteiger partial charge in [0.25, 0.3) is 0 Å². The summed E-state index contributed by atoms with van der Waals surface area (Å²) >= 11 is 0. The lowest BCUT2D eigenvalue weighted by molar-refractivity contribution is 0.0689. The first-order chi connectivity index (χ1) is 7.70. The molecule has 1 atom stereocenters. The van der Waals surface area contributed by atoms with Crippen LogP contribution in [0, 0.1) is 0 Å². The lowest BCUT2D eigenvalue weighted by Gasteiger charge is -2.05. The summed E-state index contributed by atoms with van der Waals surface area (Å²) in [4.78, 5) is 11.0. The van der Waals surface area contributed by atoms with Gasteiger partial charge in [0.2, 0.25) is 0 Å². The van der Waals surface area contributed by atoms with Crippen LogP contribution in [0.5, 0.6) is 0 Å². The van der Waals surface area contributed by atoms with Gasteiger partial charge in [-0.15, -0.1) is 0 Å². The number of fused-ring (bicyclic) bond motifs is 3. The molecule has 0 fully saturated rings. The molecule has 1 aromatic carbocycles. The van der Waals surface area contributed by atoms with Crippen molar-refractivity contribution in [2.75, 3.05) is 0 Å². The van der Waals surface area contributed by atoms with E-state index in [2.05, 4.69) is 10.2 Å². The topological polar surface area (TPSA) is 66.0 Å². The van der Waals surface area contributed by atoms with E-state index in [9.17, 15) is 4.79 Å². The monoisotopic (exact) mass is 214 g/mol. The minimum absolute atomic E-state index is 0.0936. The standard InChI is InChI=1S/C12H10N2O2/c1-6-7-4-2-3-5-8(7)10-9(6)11(12(15)16)14-13-10/h2-6H,1H3,(H,13,14)(H,15,16). The third kappa shape index (κ3) is 0.984. The van der Waals surface area contributed by atoms with Gasteiger partial charge < -0.3 is 5.11 Å². The number of carbonyl (C=O) groups is 1. The summed E-state index contributed by atoms with van der Waals surface area (Å²) in [7, 11) is 0. The van der Waals surface area contributed by atoms with Crippen molar-refractivity contribution in [1.29, 1.82) is 0 Å². The molecule has 16 heavy (non-hydrogen) atoms. The predicted octanol–water partition coefficient (Wildman–Crippen LogP) is 2.24. The summed E-state index contributed by atoms with van der Waals surface area (Å²) in [6.07, 6.45) is 0. The molecule has 0 radical (unpaired) electrons. The number of nitrogens with one attached hydrogen (secondary N) is 1. The fourth-order valence-electron chi connectivity index (χ4n) is 2.39. The van der Waals surface area contributed by atoms with Crippen molar-refractivity contribution in [3.63, 3.8) is 0 Å². The summed E-state index contributed by atoms with van der Waals surface area (Å²) in [6, 6.07) is 7.90. The van der Waals surface area contributed by atoms with Gasteiger partial charge in [-0.05, 0) is 5.56 Å². The van der Waals surface area contributed by atoms with Gasteiger partial charge in [-0.2, -0.15) is 5.10 Å². The first kappa shape index (κ1) is 9.15. The van der Waals surface area contributed by atoms with E-state index in [0.29, 0.717) is 0 Å². The Labute approximate surface area is 91.9 Å². The molecule has 0 spiro atoms. The second kappa shape index (κ2) is 2.95. The highest BCUT2D eigenvalue weighted by Gasteiger charge is 2.32. The smallest absolute Gasteiger partial charge is 0.354 e.